The van der Waals surface area contributed by atoms with E-state index in [2.05, 4.69) is 24.4 Å². The molecule has 2 bridgehead atoms. The topological polar surface area (TPSA) is 84.9 Å². The van der Waals surface area contributed by atoms with Crippen molar-refractivity contribution in [3.63, 3.8) is 0 Å². The van der Waals surface area contributed by atoms with Crippen LogP contribution in [-0.4, -0.2) is 41.5 Å². The van der Waals surface area contributed by atoms with Gasteiger partial charge in [-0.3, -0.25) is 4.79 Å². The highest BCUT2D eigenvalue weighted by Gasteiger charge is 2.49. The maximum atomic E-state index is 11.7. The lowest BCUT2D eigenvalue weighted by molar-refractivity contribution is -0.121. The molecule has 1 heterocycles. The molecule has 2 fully saturated rings. The van der Waals surface area contributed by atoms with Crippen molar-refractivity contribution in [1.82, 2.24) is 5.32 Å². The van der Waals surface area contributed by atoms with E-state index in [-0.39, 0.29) is 36.0 Å². The van der Waals surface area contributed by atoms with Crippen LogP contribution in [0.1, 0.15) is 78.6 Å². The van der Waals surface area contributed by atoms with Crippen molar-refractivity contribution in [2.45, 2.75) is 103 Å². The Kier molecular flexibility index (Phi) is 10.4. The first-order chi connectivity index (χ1) is 14.4. The van der Waals surface area contributed by atoms with Crippen LogP contribution >= 0.6 is 0 Å². The Labute approximate surface area is 181 Å². The van der Waals surface area contributed by atoms with Crippen LogP contribution in [0.3, 0.4) is 0 Å². The third-order valence-corrected chi connectivity index (χ3v) is 5.82. The van der Waals surface area contributed by atoms with Crippen molar-refractivity contribution >= 4 is 12.1 Å². The number of amides is 1. The van der Waals surface area contributed by atoms with Crippen LogP contribution in [0.5, 0.6) is 0 Å². The number of rotatable bonds is 13. The Balaban J connectivity index is 1.83. The quantitative estimate of drug-likeness (QED) is 0.257. The summed E-state index contributed by atoms with van der Waals surface area (Å²) in [7, 11) is 0. The van der Waals surface area contributed by atoms with E-state index < -0.39 is 12.3 Å². The lowest BCUT2D eigenvalue weighted by Crippen LogP contribution is -2.29. The molecule has 0 aromatic carbocycles. The number of aliphatic hydroxyl groups is 1. The molecular weight excluding hydrogens is 382 g/mol. The number of nitrogens with one attached hydrogen (secondary N) is 1. The predicted octanol–water partition coefficient (Wildman–Crippen LogP) is 4.67. The largest absolute Gasteiger partial charge is 0.508 e. The number of carbonyl (C=O) groups excluding carboxylic acids is 2. The first kappa shape index (κ1) is 24.4. The maximum Gasteiger partial charge on any atom is 0.508 e. The Morgan fingerprint density at radius 2 is 1.97 bits per heavy atom. The molecule has 5 atom stereocenters. The van der Waals surface area contributed by atoms with Crippen LogP contribution < -0.4 is 5.32 Å². The zero-order chi connectivity index (χ0) is 21.9. The second kappa shape index (κ2) is 12.8. The Morgan fingerprint density at radius 1 is 1.20 bits per heavy atom. The van der Waals surface area contributed by atoms with E-state index in [1.54, 1.807) is 0 Å². The Morgan fingerprint density at radius 3 is 2.70 bits per heavy atom. The van der Waals surface area contributed by atoms with Crippen molar-refractivity contribution in [1.29, 1.82) is 0 Å². The molecule has 6 heteroatoms. The van der Waals surface area contributed by atoms with Gasteiger partial charge in [-0.2, -0.15) is 0 Å². The number of hydrogen-bond donors (Lipinski definition) is 2. The molecule has 1 amide bonds. The normalized spacial score (nSPS) is 26.9. The molecule has 1 saturated carbocycles. The second-order valence-corrected chi connectivity index (χ2v) is 8.81. The summed E-state index contributed by atoms with van der Waals surface area (Å²) in [6.45, 7) is 6.07. The summed E-state index contributed by atoms with van der Waals surface area (Å²) in [5, 5.41) is 13.1. The van der Waals surface area contributed by atoms with Crippen LogP contribution in [0.2, 0.25) is 0 Å². The van der Waals surface area contributed by atoms with Crippen LogP contribution in [0.4, 0.5) is 4.79 Å². The molecule has 0 radical (unpaired) electrons. The standard InChI is InChI=1S/C24H39NO5/c1-4-5-8-11-18(26)14-15-20-19(21-16-22(20)30-24(28)29-21)12-9-6-7-10-13-23(27)25-17(2)3/h6,9,14-15,17-22,26H,4-5,7-8,10-13,16H2,1-3H3,(H,25,27)/b9-6-,15-14+/t18-,19+,20+,21-,22+/m0/s1. The summed E-state index contributed by atoms with van der Waals surface area (Å²) in [5.74, 6) is 0.305. The van der Waals surface area contributed by atoms with Gasteiger partial charge < -0.3 is 19.9 Å². The van der Waals surface area contributed by atoms with E-state index in [0.717, 1.165) is 44.9 Å². The predicted molar refractivity (Wildman–Crippen MR) is 117 cm³/mol. The number of unbranched alkanes of at least 4 members (excludes halogenated alkanes) is 3. The molecule has 1 saturated heterocycles. The second-order valence-electron chi connectivity index (χ2n) is 8.81. The monoisotopic (exact) mass is 421 g/mol. The van der Waals surface area contributed by atoms with Gasteiger partial charge in [0.25, 0.3) is 0 Å². The lowest BCUT2D eigenvalue weighted by atomic mass is 9.89. The van der Waals surface area contributed by atoms with Gasteiger partial charge in [-0.05, 0) is 39.5 Å². The fourth-order valence-electron chi connectivity index (χ4n) is 4.30. The minimum absolute atomic E-state index is 0.0590. The van der Waals surface area contributed by atoms with E-state index >= 15 is 0 Å². The molecule has 1 aliphatic carbocycles. The van der Waals surface area contributed by atoms with Gasteiger partial charge in [0.2, 0.25) is 5.91 Å². The van der Waals surface area contributed by atoms with Crippen molar-refractivity contribution in [2.24, 2.45) is 11.8 Å². The summed E-state index contributed by atoms with van der Waals surface area (Å²) >= 11 is 0. The highest BCUT2D eigenvalue weighted by molar-refractivity contribution is 5.76. The summed E-state index contributed by atoms with van der Waals surface area (Å²) in [6.07, 6.45) is 14.5. The minimum atomic E-state index is -0.583. The third-order valence-electron chi connectivity index (χ3n) is 5.82. The van der Waals surface area contributed by atoms with Gasteiger partial charge in [-0.25, -0.2) is 4.79 Å². The summed E-state index contributed by atoms with van der Waals surface area (Å²) < 4.78 is 10.8. The van der Waals surface area contributed by atoms with Gasteiger partial charge in [-0.15, -0.1) is 0 Å². The number of aliphatic hydroxyl groups excluding tert-OH is 1. The fourth-order valence-corrected chi connectivity index (χ4v) is 4.30. The SMILES string of the molecule is CCCCC[C@H](O)/C=C/[C@@H]1[C@@H](C/C=C\CCCC(=O)NC(C)C)[C@@H]2C[C@H]1OC(=O)O2. The number of allylic oxidation sites excluding steroid dienone is 2. The first-order valence-corrected chi connectivity index (χ1v) is 11.6. The first-order valence-electron chi connectivity index (χ1n) is 11.6. The van der Waals surface area contributed by atoms with Gasteiger partial charge in [-0.1, -0.05) is 50.5 Å². The maximum absolute atomic E-state index is 11.7. The summed E-state index contributed by atoms with van der Waals surface area (Å²) in [4.78, 5) is 23.4. The van der Waals surface area contributed by atoms with Crippen molar-refractivity contribution in [3.05, 3.63) is 24.3 Å². The minimum Gasteiger partial charge on any atom is -0.430 e. The van der Waals surface area contributed by atoms with E-state index in [9.17, 15) is 14.7 Å². The molecule has 2 aliphatic rings. The summed E-state index contributed by atoms with van der Waals surface area (Å²) in [6, 6.07) is 0.176. The van der Waals surface area contributed by atoms with E-state index in [1.165, 1.54) is 0 Å². The number of fused-ring (bicyclic) bond motifs is 2. The van der Waals surface area contributed by atoms with E-state index in [1.807, 2.05) is 26.0 Å². The smallest absolute Gasteiger partial charge is 0.430 e. The molecule has 170 valence electrons. The molecule has 0 aromatic rings. The molecule has 0 spiro atoms. The van der Waals surface area contributed by atoms with Crippen molar-refractivity contribution < 1.29 is 24.2 Å². The molecule has 6 nitrogen and oxygen atoms in total. The van der Waals surface area contributed by atoms with Crippen LogP contribution in [-0.2, 0) is 14.3 Å². The van der Waals surface area contributed by atoms with Gasteiger partial charge in [0, 0.05) is 30.7 Å². The van der Waals surface area contributed by atoms with Gasteiger partial charge >= 0.3 is 6.16 Å². The average Bonchev–Trinajstić information content (AvgIpc) is 2.91. The molecule has 0 unspecified atom stereocenters. The highest BCUT2D eigenvalue weighted by atomic mass is 16.7. The molecule has 2 rings (SSSR count). The molecular formula is C24H39NO5. The number of hydrogen-bond acceptors (Lipinski definition) is 5. The van der Waals surface area contributed by atoms with E-state index in [0.29, 0.717) is 12.8 Å². The third kappa shape index (κ3) is 8.13. The Hall–Kier alpha value is -1.82. The van der Waals surface area contributed by atoms with Crippen molar-refractivity contribution in [3.8, 4) is 0 Å². The average molecular weight is 422 g/mol. The fraction of sp³-hybridized carbons (Fsp3) is 0.750. The molecule has 30 heavy (non-hydrogen) atoms. The molecule has 1 aliphatic heterocycles. The highest BCUT2D eigenvalue weighted by Crippen LogP contribution is 2.43. The lowest BCUT2D eigenvalue weighted by Gasteiger charge is -2.20. The van der Waals surface area contributed by atoms with E-state index in [4.69, 9.17) is 9.47 Å². The van der Waals surface area contributed by atoms with Gasteiger partial charge in [0.05, 0.1) is 6.10 Å². The molecule has 2 N–H and O–H groups in total. The number of carbonyl (C=O) groups is 2. The van der Waals surface area contributed by atoms with Crippen molar-refractivity contribution in [2.75, 3.05) is 0 Å². The Bertz CT molecular complexity index is 600. The van der Waals surface area contributed by atoms with Crippen LogP contribution in [0, 0.1) is 11.8 Å². The van der Waals surface area contributed by atoms with Crippen LogP contribution in [0.15, 0.2) is 24.3 Å². The number of ether oxygens (including phenoxy) is 2. The van der Waals surface area contributed by atoms with Gasteiger partial charge in [0.15, 0.2) is 0 Å². The zero-order valence-electron chi connectivity index (χ0n) is 18.7. The molecule has 0 aromatic heterocycles. The summed E-state index contributed by atoms with van der Waals surface area (Å²) in [5.41, 5.74) is 0. The zero-order valence-corrected chi connectivity index (χ0v) is 18.7. The van der Waals surface area contributed by atoms with Crippen LogP contribution in [0.25, 0.3) is 0 Å². The van der Waals surface area contributed by atoms with Gasteiger partial charge in [0.1, 0.15) is 12.2 Å².